The molecule has 2 heterocycles. The van der Waals surface area contributed by atoms with Gasteiger partial charge in [0.05, 0.1) is 5.69 Å². The molecule has 1 saturated heterocycles. The van der Waals surface area contributed by atoms with Gasteiger partial charge in [-0.2, -0.15) is 0 Å². The average molecular weight is 377 g/mol. The number of benzene rings is 1. The zero-order valence-electron chi connectivity index (χ0n) is 15.1. The Morgan fingerprint density at radius 1 is 1.48 bits per heavy atom. The van der Waals surface area contributed by atoms with Gasteiger partial charge in [0.25, 0.3) is 0 Å². The van der Waals surface area contributed by atoms with E-state index in [1.165, 1.54) is 6.07 Å². The van der Waals surface area contributed by atoms with E-state index >= 15 is 0 Å². The Kier molecular flexibility index (Phi) is 4.67. The topological polar surface area (TPSA) is 93.1 Å². The Morgan fingerprint density at radius 3 is 2.74 bits per heavy atom. The SMILES string of the molecule is C=C1CC(C)(COc2cc3c(cc2F)C(=O)C(C(=O)O)CN3CC)OC1=O. The van der Waals surface area contributed by atoms with E-state index in [-0.39, 0.29) is 30.9 Å². The van der Waals surface area contributed by atoms with Gasteiger partial charge >= 0.3 is 11.9 Å². The molecule has 1 aromatic carbocycles. The van der Waals surface area contributed by atoms with Gasteiger partial charge in [-0.1, -0.05) is 6.58 Å². The number of carboxylic acids is 1. The summed E-state index contributed by atoms with van der Waals surface area (Å²) in [7, 11) is 0. The van der Waals surface area contributed by atoms with Gasteiger partial charge in [-0.05, 0) is 19.9 Å². The predicted molar refractivity (Wildman–Crippen MR) is 93.5 cm³/mol. The number of esters is 1. The smallest absolute Gasteiger partial charge is 0.334 e. The minimum absolute atomic E-state index is 0.0118. The first-order valence-corrected chi connectivity index (χ1v) is 8.54. The van der Waals surface area contributed by atoms with Gasteiger partial charge in [-0.25, -0.2) is 9.18 Å². The number of hydrogen-bond donors (Lipinski definition) is 1. The summed E-state index contributed by atoms with van der Waals surface area (Å²) in [6, 6.07) is 2.39. The van der Waals surface area contributed by atoms with Crippen LogP contribution in [0.5, 0.6) is 5.75 Å². The maximum absolute atomic E-state index is 14.5. The van der Waals surface area contributed by atoms with Crippen molar-refractivity contribution in [1.82, 2.24) is 0 Å². The van der Waals surface area contributed by atoms with Crippen molar-refractivity contribution in [3.8, 4) is 5.75 Å². The largest absolute Gasteiger partial charge is 0.486 e. The van der Waals surface area contributed by atoms with Crippen LogP contribution in [0.15, 0.2) is 24.3 Å². The van der Waals surface area contributed by atoms with Crippen LogP contribution in [0.3, 0.4) is 0 Å². The molecule has 0 amide bonds. The lowest BCUT2D eigenvalue weighted by atomic mass is 9.90. The van der Waals surface area contributed by atoms with Gasteiger partial charge in [0.15, 0.2) is 17.3 Å². The van der Waals surface area contributed by atoms with Crippen LogP contribution in [0.2, 0.25) is 0 Å². The summed E-state index contributed by atoms with van der Waals surface area (Å²) in [5.74, 6) is -4.47. The molecule has 3 rings (SSSR count). The summed E-state index contributed by atoms with van der Waals surface area (Å²) in [5.41, 5.74) is -0.165. The van der Waals surface area contributed by atoms with Crippen LogP contribution in [0.25, 0.3) is 0 Å². The van der Waals surface area contributed by atoms with E-state index in [0.29, 0.717) is 17.8 Å². The highest BCUT2D eigenvalue weighted by atomic mass is 19.1. The van der Waals surface area contributed by atoms with Crippen LogP contribution < -0.4 is 9.64 Å². The highest BCUT2D eigenvalue weighted by Crippen LogP contribution is 2.36. The van der Waals surface area contributed by atoms with Gasteiger partial charge in [0.2, 0.25) is 0 Å². The van der Waals surface area contributed by atoms with Crippen molar-refractivity contribution in [2.75, 3.05) is 24.6 Å². The van der Waals surface area contributed by atoms with Crippen molar-refractivity contribution >= 4 is 23.4 Å². The Hall–Kier alpha value is -2.90. The second kappa shape index (κ2) is 6.68. The third kappa shape index (κ3) is 3.39. The molecule has 0 aromatic heterocycles. The Bertz CT molecular complexity index is 833. The Morgan fingerprint density at radius 2 is 2.19 bits per heavy atom. The summed E-state index contributed by atoms with van der Waals surface area (Å²) in [5, 5.41) is 9.23. The van der Waals surface area contributed by atoms with Crippen molar-refractivity contribution in [2.24, 2.45) is 5.92 Å². The van der Waals surface area contributed by atoms with Gasteiger partial charge in [-0.3, -0.25) is 9.59 Å². The molecule has 1 N–H and O–H groups in total. The Labute approximate surface area is 155 Å². The summed E-state index contributed by atoms with van der Waals surface area (Å²) in [4.78, 5) is 36.9. The van der Waals surface area contributed by atoms with Crippen LogP contribution in [0, 0.1) is 11.7 Å². The minimum Gasteiger partial charge on any atom is -0.486 e. The monoisotopic (exact) mass is 377 g/mol. The van der Waals surface area contributed by atoms with Gasteiger partial charge in [0.1, 0.15) is 18.1 Å². The number of carboxylic acid groups (broad SMARTS) is 1. The quantitative estimate of drug-likeness (QED) is 0.478. The lowest BCUT2D eigenvalue weighted by Gasteiger charge is -2.33. The van der Waals surface area contributed by atoms with Crippen LogP contribution in [0.4, 0.5) is 10.1 Å². The number of hydrogen-bond acceptors (Lipinski definition) is 6. The summed E-state index contributed by atoms with van der Waals surface area (Å²) in [6.07, 6.45) is 0.276. The van der Waals surface area contributed by atoms with Crippen molar-refractivity contribution in [2.45, 2.75) is 25.9 Å². The number of halogens is 1. The standard InChI is InChI=1S/C19H20FNO6/c1-4-21-8-12(17(23)24)16(22)11-5-13(20)15(6-14(11)21)26-9-19(3)7-10(2)18(25)27-19/h5-6,12H,2,4,7-9H2,1,3H3,(H,23,24). The molecule has 0 bridgehead atoms. The molecule has 8 heteroatoms. The first kappa shape index (κ1) is 18.9. The fourth-order valence-electron chi connectivity index (χ4n) is 3.36. The minimum atomic E-state index is -1.24. The van der Waals surface area contributed by atoms with Crippen molar-refractivity contribution < 1.29 is 33.4 Å². The van der Waals surface area contributed by atoms with Crippen molar-refractivity contribution in [3.05, 3.63) is 35.7 Å². The van der Waals surface area contributed by atoms with Gasteiger partial charge in [0, 0.05) is 36.7 Å². The lowest BCUT2D eigenvalue weighted by molar-refractivity contribution is -0.147. The number of aliphatic carboxylic acids is 1. The summed E-state index contributed by atoms with van der Waals surface area (Å²) in [6.45, 7) is 7.48. The van der Waals surface area contributed by atoms with Crippen LogP contribution in [-0.4, -0.2) is 48.1 Å². The maximum atomic E-state index is 14.5. The molecule has 2 aliphatic rings. The molecule has 2 atom stereocenters. The predicted octanol–water partition coefficient (Wildman–Crippen LogP) is 2.19. The number of rotatable bonds is 5. The molecule has 1 aromatic rings. The third-order valence-electron chi connectivity index (χ3n) is 4.80. The van der Waals surface area contributed by atoms with E-state index in [9.17, 15) is 23.9 Å². The first-order valence-electron chi connectivity index (χ1n) is 8.54. The average Bonchev–Trinajstić information content (AvgIpc) is 2.86. The van der Waals surface area contributed by atoms with Crippen molar-refractivity contribution in [1.29, 1.82) is 0 Å². The van der Waals surface area contributed by atoms with Crippen molar-refractivity contribution in [3.63, 3.8) is 0 Å². The summed E-state index contributed by atoms with van der Waals surface area (Å²) < 4.78 is 25.3. The second-order valence-electron chi connectivity index (χ2n) is 7.00. The molecular formula is C19H20FNO6. The van der Waals surface area contributed by atoms with E-state index in [4.69, 9.17) is 9.47 Å². The highest BCUT2D eigenvalue weighted by molar-refractivity contribution is 6.13. The number of Topliss-reactive ketones (excluding diaryl/α,β-unsaturated/α-hetero) is 1. The number of anilines is 1. The zero-order chi connectivity index (χ0) is 19.9. The lowest BCUT2D eigenvalue weighted by Crippen LogP contribution is -2.42. The fourth-order valence-corrected chi connectivity index (χ4v) is 3.36. The highest BCUT2D eigenvalue weighted by Gasteiger charge is 2.40. The molecule has 0 spiro atoms. The summed E-state index contributed by atoms with van der Waals surface area (Å²) >= 11 is 0. The molecule has 0 saturated carbocycles. The number of ketones is 1. The molecule has 2 unspecified atom stereocenters. The normalized spacial score (nSPS) is 24.6. The molecule has 1 fully saturated rings. The molecular weight excluding hydrogens is 357 g/mol. The van der Waals surface area contributed by atoms with E-state index in [1.807, 2.05) is 6.92 Å². The second-order valence-corrected chi connectivity index (χ2v) is 7.00. The third-order valence-corrected chi connectivity index (χ3v) is 4.80. The molecule has 27 heavy (non-hydrogen) atoms. The number of ether oxygens (including phenoxy) is 2. The van der Waals surface area contributed by atoms with Crippen LogP contribution >= 0.6 is 0 Å². The number of carbonyl (C=O) groups excluding carboxylic acids is 2. The number of fused-ring (bicyclic) bond motifs is 1. The van der Waals surface area contributed by atoms with E-state index < -0.39 is 35.1 Å². The molecule has 2 aliphatic heterocycles. The fraction of sp³-hybridized carbons (Fsp3) is 0.421. The number of nitrogens with zero attached hydrogens (tertiary/aromatic N) is 1. The number of carbonyl (C=O) groups is 3. The Balaban J connectivity index is 1.87. The maximum Gasteiger partial charge on any atom is 0.334 e. The molecule has 144 valence electrons. The molecule has 7 nitrogen and oxygen atoms in total. The van der Waals surface area contributed by atoms with E-state index in [1.54, 1.807) is 11.8 Å². The molecule has 0 aliphatic carbocycles. The van der Waals surface area contributed by atoms with Crippen LogP contribution in [0.1, 0.15) is 30.6 Å². The number of cyclic esters (lactones) is 1. The van der Waals surface area contributed by atoms with Gasteiger partial charge < -0.3 is 19.5 Å². The first-order chi connectivity index (χ1) is 12.6. The van der Waals surface area contributed by atoms with Gasteiger partial charge in [-0.15, -0.1) is 0 Å². The van der Waals surface area contributed by atoms with E-state index in [2.05, 4.69) is 6.58 Å². The van der Waals surface area contributed by atoms with Crippen LogP contribution in [-0.2, 0) is 14.3 Å². The molecule has 0 radical (unpaired) electrons. The zero-order valence-corrected chi connectivity index (χ0v) is 15.1. The van der Waals surface area contributed by atoms with E-state index in [0.717, 1.165) is 6.07 Å².